The van der Waals surface area contributed by atoms with Gasteiger partial charge in [0, 0.05) is 25.9 Å². The molecule has 24 heavy (non-hydrogen) atoms. The van der Waals surface area contributed by atoms with E-state index in [-0.39, 0.29) is 24.8 Å². The molecule has 0 radical (unpaired) electrons. The van der Waals surface area contributed by atoms with Gasteiger partial charge in [0.1, 0.15) is 12.7 Å². The van der Waals surface area contributed by atoms with Crippen molar-refractivity contribution in [1.29, 1.82) is 0 Å². The minimum atomic E-state index is -0.453. The highest BCUT2D eigenvalue weighted by atomic mass is 16.6. The third-order valence-electron chi connectivity index (χ3n) is 4.62. The number of hydrogen-bond donors (Lipinski definition) is 0. The maximum atomic E-state index is 12.1. The van der Waals surface area contributed by atoms with Crippen LogP contribution < -0.4 is 0 Å². The van der Waals surface area contributed by atoms with Crippen molar-refractivity contribution in [2.24, 2.45) is 5.41 Å². The Labute approximate surface area is 143 Å². The molecule has 2 rings (SSSR count). The van der Waals surface area contributed by atoms with Gasteiger partial charge >= 0.3 is 12.1 Å². The summed E-state index contributed by atoms with van der Waals surface area (Å²) >= 11 is 0. The molecule has 0 aliphatic carbocycles. The lowest BCUT2D eigenvalue weighted by Gasteiger charge is -2.32. The highest BCUT2D eigenvalue weighted by Gasteiger charge is 2.32. The van der Waals surface area contributed by atoms with Crippen molar-refractivity contribution in [3.05, 3.63) is 35.9 Å². The first-order valence-corrected chi connectivity index (χ1v) is 8.59. The SMILES string of the molecule is CCC(C)(C)C(=O)OC1CCN(C(=O)OCc2ccccc2)CC1. The molecule has 0 N–H and O–H groups in total. The Bertz CT molecular complexity index is 548. The third kappa shape index (κ3) is 4.98. The smallest absolute Gasteiger partial charge is 0.410 e. The number of rotatable bonds is 5. The zero-order valence-corrected chi connectivity index (χ0v) is 14.8. The van der Waals surface area contributed by atoms with Gasteiger partial charge in [-0.1, -0.05) is 37.3 Å². The fraction of sp³-hybridized carbons (Fsp3) is 0.579. The van der Waals surface area contributed by atoms with Crippen molar-refractivity contribution >= 4 is 12.1 Å². The van der Waals surface area contributed by atoms with Crippen molar-refractivity contribution in [3.63, 3.8) is 0 Å². The number of esters is 1. The summed E-state index contributed by atoms with van der Waals surface area (Å²) in [6.07, 6.45) is 1.65. The standard InChI is InChI=1S/C19H27NO4/c1-4-19(2,3)17(21)24-16-10-12-20(13-11-16)18(22)23-14-15-8-6-5-7-9-15/h5-9,16H,4,10-14H2,1-3H3. The van der Waals surface area contributed by atoms with Crippen LogP contribution >= 0.6 is 0 Å². The molecule has 1 aromatic carbocycles. The van der Waals surface area contributed by atoms with Gasteiger partial charge in [-0.2, -0.15) is 0 Å². The molecule has 1 aliphatic rings. The van der Waals surface area contributed by atoms with E-state index in [1.54, 1.807) is 4.90 Å². The van der Waals surface area contributed by atoms with Crippen molar-refractivity contribution < 1.29 is 19.1 Å². The van der Waals surface area contributed by atoms with E-state index >= 15 is 0 Å². The number of benzene rings is 1. The molecule has 1 saturated heterocycles. The lowest BCUT2D eigenvalue weighted by atomic mass is 9.90. The van der Waals surface area contributed by atoms with Gasteiger partial charge in [0.05, 0.1) is 5.41 Å². The predicted molar refractivity (Wildman–Crippen MR) is 91.4 cm³/mol. The Balaban J connectivity index is 1.74. The Morgan fingerprint density at radius 3 is 2.38 bits per heavy atom. The molecule has 0 unspecified atom stereocenters. The van der Waals surface area contributed by atoms with Crippen LogP contribution in [0.3, 0.4) is 0 Å². The Hall–Kier alpha value is -2.04. The summed E-state index contributed by atoms with van der Waals surface area (Å²) in [5, 5.41) is 0. The van der Waals surface area contributed by atoms with Gasteiger partial charge in [0.2, 0.25) is 0 Å². The number of ether oxygens (including phenoxy) is 2. The van der Waals surface area contributed by atoms with Crippen LogP contribution in [0.5, 0.6) is 0 Å². The molecule has 1 heterocycles. The predicted octanol–water partition coefficient (Wildman–Crippen LogP) is 3.77. The van der Waals surface area contributed by atoms with Gasteiger partial charge < -0.3 is 14.4 Å². The maximum absolute atomic E-state index is 12.1. The molecule has 5 heteroatoms. The van der Waals surface area contributed by atoms with Crippen molar-refractivity contribution in [2.75, 3.05) is 13.1 Å². The van der Waals surface area contributed by atoms with Crippen molar-refractivity contribution in [2.45, 2.75) is 52.7 Å². The van der Waals surface area contributed by atoms with Gasteiger partial charge in [-0.05, 0) is 25.8 Å². The number of carbonyl (C=O) groups excluding carboxylic acids is 2. The average Bonchev–Trinajstić information content (AvgIpc) is 2.61. The highest BCUT2D eigenvalue weighted by molar-refractivity contribution is 5.76. The number of likely N-dealkylation sites (tertiary alicyclic amines) is 1. The molecule has 0 aromatic heterocycles. The summed E-state index contributed by atoms with van der Waals surface area (Å²) in [7, 11) is 0. The monoisotopic (exact) mass is 333 g/mol. The van der Waals surface area contributed by atoms with Gasteiger partial charge in [-0.3, -0.25) is 4.79 Å². The van der Waals surface area contributed by atoms with Crippen molar-refractivity contribution in [3.8, 4) is 0 Å². The molecule has 0 bridgehead atoms. The quantitative estimate of drug-likeness (QED) is 0.770. The minimum Gasteiger partial charge on any atom is -0.462 e. The molecule has 5 nitrogen and oxygen atoms in total. The first-order valence-electron chi connectivity index (χ1n) is 8.59. The van der Waals surface area contributed by atoms with Crippen LogP contribution in [0.25, 0.3) is 0 Å². The Morgan fingerprint density at radius 1 is 1.17 bits per heavy atom. The fourth-order valence-electron chi connectivity index (χ4n) is 2.42. The van der Waals surface area contributed by atoms with Crippen LogP contribution in [-0.4, -0.2) is 36.2 Å². The van der Waals surface area contributed by atoms with Crippen LogP contribution in [0.4, 0.5) is 4.79 Å². The summed E-state index contributed by atoms with van der Waals surface area (Å²) in [4.78, 5) is 25.9. The second kappa shape index (κ2) is 8.18. The molecule has 1 amide bonds. The summed E-state index contributed by atoms with van der Waals surface area (Å²) < 4.78 is 10.9. The molecular weight excluding hydrogens is 306 g/mol. The first-order chi connectivity index (χ1) is 11.4. The van der Waals surface area contributed by atoms with Gasteiger partial charge in [0.25, 0.3) is 0 Å². The maximum Gasteiger partial charge on any atom is 0.410 e. The lowest BCUT2D eigenvalue weighted by molar-refractivity contribution is -0.161. The fourth-order valence-corrected chi connectivity index (χ4v) is 2.42. The zero-order valence-electron chi connectivity index (χ0n) is 14.8. The molecule has 0 spiro atoms. The zero-order chi connectivity index (χ0) is 17.6. The van der Waals surface area contributed by atoms with E-state index in [1.807, 2.05) is 51.1 Å². The van der Waals surface area contributed by atoms with E-state index in [0.717, 1.165) is 12.0 Å². The van der Waals surface area contributed by atoms with Gasteiger partial charge in [0.15, 0.2) is 0 Å². The summed E-state index contributed by atoms with van der Waals surface area (Å²) in [6, 6.07) is 9.61. The first kappa shape index (κ1) is 18.3. The Morgan fingerprint density at radius 2 is 1.79 bits per heavy atom. The molecule has 132 valence electrons. The lowest BCUT2D eigenvalue weighted by Crippen LogP contribution is -2.42. The summed E-state index contributed by atoms with van der Waals surface area (Å²) in [6.45, 7) is 7.15. The van der Waals surface area contributed by atoms with Gasteiger partial charge in [-0.25, -0.2) is 4.79 Å². The van der Waals surface area contributed by atoms with Gasteiger partial charge in [-0.15, -0.1) is 0 Å². The van der Waals surface area contributed by atoms with Crippen LogP contribution in [0.15, 0.2) is 30.3 Å². The largest absolute Gasteiger partial charge is 0.462 e. The molecule has 1 aromatic rings. The average molecular weight is 333 g/mol. The van der Waals surface area contributed by atoms with Crippen LogP contribution in [0.2, 0.25) is 0 Å². The molecule has 1 fully saturated rings. The normalized spacial score (nSPS) is 15.9. The summed E-state index contributed by atoms with van der Waals surface area (Å²) in [5.74, 6) is -0.157. The second-order valence-electron chi connectivity index (χ2n) is 6.87. The third-order valence-corrected chi connectivity index (χ3v) is 4.62. The van der Waals surface area contributed by atoms with E-state index < -0.39 is 5.41 Å². The second-order valence-corrected chi connectivity index (χ2v) is 6.87. The Kier molecular flexibility index (Phi) is 6.23. The van der Waals surface area contributed by atoms with Crippen LogP contribution in [0, 0.1) is 5.41 Å². The number of amides is 1. The van der Waals surface area contributed by atoms with Crippen LogP contribution in [0.1, 0.15) is 45.6 Å². The number of piperidine rings is 1. The topological polar surface area (TPSA) is 55.8 Å². The van der Waals surface area contributed by atoms with E-state index in [1.165, 1.54) is 0 Å². The molecule has 0 saturated carbocycles. The number of nitrogens with zero attached hydrogens (tertiary/aromatic N) is 1. The number of hydrogen-bond acceptors (Lipinski definition) is 4. The molecule has 1 aliphatic heterocycles. The van der Waals surface area contributed by atoms with E-state index in [2.05, 4.69) is 0 Å². The summed E-state index contributed by atoms with van der Waals surface area (Å²) in [5.41, 5.74) is 0.516. The minimum absolute atomic E-state index is 0.110. The molecular formula is C19H27NO4. The highest BCUT2D eigenvalue weighted by Crippen LogP contribution is 2.24. The van der Waals surface area contributed by atoms with E-state index in [0.29, 0.717) is 25.9 Å². The van der Waals surface area contributed by atoms with Crippen molar-refractivity contribution in [1.82, 2.24) is 4.90 Å². The number of carbonyl (C=O) groups is 2. The molecule has 0 atom stereocenters. The van der Waals surface area contributed by atoms with Crippen LogP contribution in [-0.2, 0) is 20.9 Å². The van der Waals surface area contributed by atoms with E-state index in [9.17, 15) is 9.59 Å². The van der Waals surface area contributed by atoms with E-state index in [4.69, 9.17) is 9.47 Å².